The van der Waals surface area contributed by atoms with E-state index in [2.05, 4.69) is 0 Å². The highest BCUT2D eigenvalue weighted by molar-refractivity contribution is 6.46. The lowest BCUT2D eigenvalue weighted by Gasteiger charge is -2.25. The Morgan fingerprint density at radius 2 is 1.94 bits per heavy atom. The van der Waals surface area contributed by atoms with Crippen molar-refractivity contribution in [1.29, 1.82) is 0 Å². The number of rotatable bonds is 6. The van der Waals surface area contributed by atoms with Gasteiger partial charge in [0.25, 0.3) is 11.7 Å². The van der Waals surface area contributed by atoms with E-state index in [-0.39, 0.29) is 11.3 Å². The van der Waals surface area contributed by atoms with Gasteiger partial charge in [0, 0.05) is 30.8 Å². The number of halogens is 1. The van der Waals surface area contributed by atoms with Crippen molar-refractivity contribution in [2.45, 2.75) is 12.5 Å². The third-order valence-electron chi connectivity index (χ3n) is 5.27. The molecule has 8 heteroatoms. The van der Waals surface area contributed by atoms with E-state index in [0.29, 0.717) is 60.4 Å². The fourth-order valence-corrected chi connectivity index (χ4v) is 4.06. The second-order valence-electron chi connectivity index (χ2n) is 7.25. The largest absolute Gasteiger partial charge is 0.507 e. The number of nitrogens with zero attached hydrogens (tertiary/aromatic N) is 1. The molecule has 2 aliphatic rings. The molecule has 1 N–H and O–H groups in total. The van der Waals surface area contributed by atoms with Crippen LogP contribution in [0.15, 0.2) is 48.0 Å². The first-order valence-electron chi connectivity index (χ1n) is 9.94. The van der Waals surface area contributed by atoms with Gasteiger partial charge in [0.2, 0.25) is 0 Å². The molecule has 1 atom stereocenters. The number of aliphatic hydroxyl groups excluding tert-OH is 1. The van der Waals surface area contributed by atoms with E-state index in [4.69, 9.17) is 25.8 Å². The van der Waals surface area contributed by atoms with Crippen LogP contribution < -0.4 is 9.47 Å². The minimum atomic E-state index is -0.760. The Balaban J connectivity index is 1.81. The number of amides is 1. The van der Waals surface area contributed by atoms with Crippen molar-refractivity contribution in [3.05, 3.63) is 64.2 Å². The van der Waals surface area contributed by atoms with Gasteiger partial charge >= 0.3 is 0 Å². The zero-order valence-corrected chi connectivity index (χ0v) is 17.7. The van der Waals surface area contributed by atoms with Gasteiger partial charge in [0.05, 0.1) is 11.6 Å². The van der Waals surface area contributed by atoms with E-state index in [0.717, 1.165) is 0 Å². The molecular formula is C23H22ClNO6. The summed E-state index contributed by atoms with van der Waals surface area (Å²) in [6.07, 6.45) is 0.546. The second-order valence-corrected chi connectivity index (χ2v) is 7.69. The highest BCUT2D eigenvalue weighted by atomic mass is 35.5. The number of hydrogen-bond acceptors (Lipinski definition) is 6. The number of aliphatic hydroxyl groups is 1. The topological polar surface area (TPSA) is 85.3 Å². The van der Waals surface area contributed by atoms with Gasteiger partial charge in [0.1, 0.15) is 19.0 Å². The number of likely N-dealkylation sites (tertiary alicyclic amines) is 1. The Hall–Kier alpha value is -3.03. The summed E-state index contributed by atoms with van der Waals surface area (Å²) in [5.74, 6) is -0.636. The number of benzene rings is 2. The SMILES string of the molecule is COCCCN1C(=O)C(=O)C(=C(O)c2ccc3c(c2)OCCO3)C1c1cccc(Cl)c1. The molecule has 2 heterocycles. The number of fused-ring (bicyclic) bond motifs is 1. The molecular weight excluding hydrogens is 422 g/mol. The third-order valence-corrected chi connectivity index (χ3v) is 5.50. The molecule has 0 aromatic heterocycles. The van der Waals surface area contributed by atoms with Gasteiger partial charge in [0.15, 0.2) is 11.5 Å². The van der Waals surface area contributed by atoms with Crippen LogP contribution in [0.1, 0.15) is 23.6 Å². The summed E-state index contributed by atoms with van der Waals surface area (Å²) in [7, 11) is 1.57. The summed E-state index contributed by atoms with van der Waals surface area (Å²) in [5, 5.41) is 11.6. The molecule has 0 spiro atoms. The van der Waals surface area contributed by atoms with Crippen LogP contribution in [0.4, 0.5) is 0 Å². The summed E-state index contributed by atoms with van der Waals surface area (Å²) in [6.45, 7) is 1.57. The minimum Gasteiger partial charge on any atom is -0.507 e. The maximum atomic E-state index is 13.0. The molecule has 0 bridgehead atoms. The van der Waals surface area contributed by atoms with Gasteiger partial charge in [-0.05, 0) is 42.3 Å². The maximum Gasteiger partial charge on any atom is 0.295 e. The summed E-state index contributed by atoms with van der Waals surface area (Å²) in [6, 6.07) is 11.1. The second kappa shape index (κ2) is 8.99. The molecule has 2 aromatic rings. The van der Waals surface area contributed by atoms with Crippen LogP contribution in [0.25, 0.3) is 5.76 Å². The lowest BCUT2D eigenvalue weighted by atomic mass is 9.95. The standard InChI is InChI=1S/C23H22ClNO6/c1-29-9-3-8-25-20(14-4-2-5-16(24)12-14)19(22(27)23(25)28)21(26)15-6-7-17-18(13-15)31-11-10-30-17/h2,4-7,12-13,20,26H,3,8-11H2,1H3. The van der Waals surface area contributed by atoms with Crippen LogP contribution in [0, 0.1) is 0 Å². The molecule has 1 unspecified atom stereocenters. The smallest absolute Gasteiger partial charge is 0.295 e. The molecule has 4 rings (SSSR count). The molecule has 31 heavy (non-hydrogen) atoms. The van der Waals surface area contributed by atoms with E-state index in [1.807, 2.05) is 0 Å². The molecule has 0 saturated carbocycles. The maximum absolute atomic E-state index is 13.0. The Morgan fingerprint density at radius 1 is 1.16 bits per heavy atom. The van der Waals surface area contributed by atoms with Gasteiger partial charge in [-0.3, -0.25) is 9.59 Å². The van der Waals surface area contributed by atoms with E-state index in [9.17, 15) is 14.7 Å². The number of carbonyl (C=O) groups is 2. The molecule has 1 amide bonds. The van der Waals surface area contributed by atoms with Crippen LogP contribution in [0.2, 0.25) is 5.02 Å². The molecule has 162 valence electrons. The van der Waals surface area contributed by atoms with Crippen LogP contribution in [-0.2, 0) is 14.3 Å². The Morgan fingerprint density at radius 3 is 2.68 bits per heavy atom. The van der Waals surface area contributed by atoms with Crippen molar-refractivity contribution < 1.29 is 28.9 Å². The minimum absolute atomic E-state index is 0.0151. The summed E-state index contributed by atoms with van der Waals surface area (Å²) in [4.78, 5) is 27.3. The average molecular weight is 444 g/mol. The predicted octanol–water partition coefficient (Wildman–Crippen LogP) is 3.57. The first-order chi connectivity index (χ1) is 15.0. The van der Waals surface area contributed by atoms with Crippen LogP contribution in [0.3, 0.4) is 0 Å². The van der Waals surface area contributed by atoms with Crippen molar-refractivity contribution >= 4 is 29.1 Å². The van der Waals surface area contributed by atoms with Gasteiger partial charge in [-0.2, -0.15) is 0 Å². The molecule has 2 aromatic carbocycles. The van der Waals surface area contributed by atoms with E-state index < -0.39 is 17.7 Å². The number of hydrogen-bond donors (Lipinski definition) is 1. The Bertz CT molecular complexity index is 1050. The van der Waals surface area contributed by atoms with Crippen LogP contribution >= 0.6 is 11.6 Å². The number of Topliss-reactive ketones (excluding diaryl/α,β-unsaturated/α-hetero) is 1. The Labute approximate surface area is 184 Å². The third kappa shape index (κ3) is 4.11. The highest BCUT2D eigenvalue weighted by Gasteiger charge is 2.45. The average Bonchev–Trinajstić information content (AvgIpc) is 3.03. The molecule has 0 radical (unpaired) electrons. The zero-order chi connectivity index (χ0) is 22.0. The molecule has 1 saturated heterocycles. The Kier molecular flexibility index (Phi) is 6.15. The van der Waals surface area contributed by atoms with E-state index in [1.165, 1.54) is 4.90 Å². The fourth-order valence-electron chi connectivity index (χ4n) is 3.86. The summed E-state index contributed by atoms with van der Waals surface area (Å²) in [5.41, 5.74) is 1.02. The van der Waals surface area contributed by atoms with Crippen molar-refractivity contribution in [3.8, 4) is 11.5 Å². The molecule has 0 aliphatic carbocycles. The number of ketones is 1. The monoisotopic (exact) mass is 443 g/mol. The number of carbonyl (C=O) groups excluding carboxylic acids is 2. The van der Waals surface area contributed by atoms with E-state index >= 15 is 0 Å². The van der Waals surface area contributed by atoms with Gasteiger partial charge in [-0.15, -0.1) is 0 Å². The van der Waals surface area contributed by atoms with Crippen molar-refractivity contribution in [1.82, 2.24) is 4.90 Å². The first kappa shape index (κ1) is 21.2. The first-order valence-corrected chi connectivity index (χ1v) is 10.3. The number of ether oxygens (including phenoxy) is 3. The molecule has 7 nitrogen and oxygen atoms in total. The normalized spacial score (nSPS) is 19.7. The van der Waals surface area contributed by atoms with Crippen molar-refractivity contribution in [2.75, 3.05) is 33.5 Å². The number of methoxy groups -OCH3 is 1. The lowest BCUT2D eigenvalue weighted by Crippen LogP contribution is -2.31. The van der Waals surface area contributed by atoms with Gasteiger partial charge in [-0.25, -0.2) is 0 Å². The van der Waals surface area contributed by atoms with E-state index in [1.54, 1.807) is 49.6 Å². The van der Waals surface area contributed by atoms with Gasteiger partial charge in [-0.1, -0.05) is 23.7 Å². The van der Waals surface area contributed by atoms with Crippen molar-refractivity contribution in [3.63, 3.8) is 0 Å². The van der Waals surface area contributed by atoms with Crippen LogP contribution in [0.5, 0.6) is 11.5 Å². The highest BCUT2D eigenvalue weighted by Crippen LogP contribution is 2.41. The molecule has 1 fully saturated rings. The van der Waals surface area contributed by atoms with Crippen molar-refractivity contribution in [2.24, 2.45) is 0 Å². The summed E-state index contributed by atoms with van der Waals surface area (Å²) >= 11 is 6.18. The summed E-state index contributed by atoms with van der Waals surface area (Å²) < 4.78 is 16.2. The predicted molar refractivity (Wildman–Crippen MR) is 114 cm³/mol. The van der Waals surface area contributed by atoms with Crippen LogP contribution in [-0.4, -0.2) is 55.2 Å². The molecule has 2 aliphatic heterocycles. The quantitative estimate of drug-likeness (QED) is 0.318. The lowest BCUT2D eigenvalue weighted by molar-refractivity contribution is -0.140. The fraction of sp³-hybridized carbons (Fsp3) is 0.304. The van der Waals surface area contributed by atoms with Gasteiger partial charge < -0.3 is 24.2 Å². The zero-order valence-electron chi connectivity index (χ0n) is 17.0.